The molecule has 222 valence electrons. The van der Waals surface area contributed by atoms with E-state index in [-0.39, 0.29) is 31.4 Å². The summed E-state index contributed by atoms with van der Waals surface area (Å²) in [4.78, 5) is 52.9. The number of halogens is 4. The molecule has 0 saturated carbocycles. The smallest absolute Gasteiger partial charge is 0.368 e. The molecule has 0 unspecified atom stereocenters. The van der Waals surface area contributed by atoms with Crippen LogP contribution in [0.15, 0.2) is 48.5 Å². The zero-order chi connectivity index (χ0) is 30.3. The average Bonchev–Trinajstić information content (AvgIpc) is 3.41. The van der Waals surface area contributed by atoms with Crippen molar-refractivity contribution in [3.8, 4) is 0 Å². The van der Waals surface area contributed by atoms with Crippen molar-refractivity contribution in [2.45, 2.75) is 63.0 Å². The second-order valence-corrected chi connectivity index (χ2v) is 9.93. The van der Waals surface area contributed by atoms with Gasteiger partial charge in [0.15, 0.2) is 0 Å². The zero-order valence-electron chi connectivity index (χ0n) is 22.6. The summed E-state index contributed by atoms with van der Waals surface area (Å²) in [5, 5.41) is 7.91. The third-order valence-electron chi connectivity index (χ3n) is 7.00. The fourth-order valence-corrected chi connectivity index (χ4v) is 4.62. The number of hydrogen-bond donors (Lipinski definition) is 4. The van der Waals surface area contributed by atoms with Gasteiger partial charge in [0.05, 0.1) is 11.6 Å². The van der Waals surface area contributed by atoms with E-state index >= 15 is 0 Å². The van der Waals surface area contributed by atoms with E-state index in [2.05, 4.69) is 16.0 Å². The van der Waals surface area contributed by atoms with Crippen LogP contribution in [-0.2, 0) is 38.2 Å². The highest BCUT2D eigenvalue weighted by Crippen LogP contribution is 2.32. The number of hydrogen-bond acceptors (Lipinski definition) is 5. The van der Waals surface area contributed by atoms with Crippen molar-refractivity contribution < 1.29 is 36.7 Å². The van der Waals surface area contributed by atoms with Gasteiger partial charge in [-0.1, -0.05) is 36.4 Å². The number of nitrogens with two attached hydrogens (primary N) is 1. The fraction of sp³-hybridized carbons (Fsp3) is 0.429. The minimum atomic E-state index is -4.90. The van der Waals surface area contributed by atoms with E-state index in [1.54, 1.807) is 30.3 Å². The van der Waals surface area contributed by atoms with E-state index in [0.717, 1.165) is 11.6 Å². The Morgan fingerprint density at radius 2 is 1.66 bits per heavy atom. The van der Waals surface area contributed by atoms with Crippen molar-refractivity contribution in [2.24, 2.45) is 5.73 Å². The maximum Gasteiger partial charge on any atom is 0.419 e. The third kappa shape index (κ3) is 8.26. The van der Waals surface area contributed by atoms with E-state index in [9.17, 15) is 36.7 Å². The largest absolute Gasteiger partial charge is 0.419 e. The number of carbonyl (C=O) groups excluding carboxylic acids is 4. The van der Waals surface area contributed by atoms with Gasteiger partial charge in [0, 0.05) is 19.4 Å². The molecular weight excluding hydrogens is 546 g/mol. The van der Waals surface area contributed by atoms with Crippen LogP contribution in [0.25, 0.3) is 0 Å². The molecule has 2 aromatic carbocycles. The Morgan fingerprint density at radius 1 is 1.00 bits per heavy atom. The molecule has 4 atom stereocenters. The highest BCUT2D eigenvalue weighted by molar-refractivity contribution is 5.95. The number of amides is 4. The molecule has 4 amide bonds. The molecule has 0 radical (unpaired) electrons. The van der Waals surface area contributed by atoms with Crippen molar-refractivity contribution in [2.75, 3.05) is 13.6 Å². The van der Waals surface area contributed by atoms with Gasteiger partial charge in [-0.15, -0.1) is 0 Å². The Hall–Kier alpha value is -4.00. The first-order chi connectivity index (χ1) is 19.3. The lowest BCUT2D eigenvalue weighted by atomic mass is 10.0. The highest BCUT2D eigenvalue weighted by atomic mass is 19.4. The summed E-state index contributed by atoms with van der Waals surface area (Å²) >= 11 is 0. The summed E-state index contributed by atoms with van der Waals surface area (Å²) in [5.74, 6) is -4.11. The Morgan fingerprint density at radius 3 is 2.24 bits per heavy atom. The number of alkyl halides is 3. The van der Waals surface area contributed by atoms with Crippen LogP contribution < -0.4 is 21.7 Å². The third-order valence-corrected chi connectivity index (χ3v) is 7.00. The Labute approximate surface area is 234 Å². The van der Waals surface area contributed by atoms with Crippen LogP contribution in [0.4, 0.5) is 17.6 Å². The molecule has 1 saturated heterocycles. The number of likely N-dealkylation sites (N-methyl/N-ethyl adjacent to an activating group) is 1. The SMILES string of the molecule is CN[C@@H](C)C(=O)N[C@@H](Cc1ccc(C(F)(F)F)c(F)c1)C(=O)N1CCC[C@H]1C(=O)N[C@@H](Cc1ccccc1)C(N)=O. The normalized spacial score (nSPS) is 17.4. The van der Waals surface area contributed by atoms with Crippen LogP contribution in [0.3, 0.4) is 0 Å². The topological polar surface area (TPSA) is 134 Å². The van der Waals surface area contributed by atoms with Crippen LogP contribution in [0.5, 0.6) is 0 Å². The molecule has 1 aliphatic rings. The van der Waals surface area contributed by atoms with Crippen molar-refractivity contribution in [1.29, 1.82) is 0 Å². The van der Waals surface area contributed by atoms with E-state index < -0.39 is 65.4 Å². The lowest BCUT2D eigenvalue weighted by Gasteiger charge is -2.30. The van der Waals surface area contributed by atoms with E-state index in [1.807, 2.05) is 0 Å². The summed E-state index contributed by atoms with van der Waals surface area (Å²) in [6, 6.07) is 7.14. The van der Waals surface area contributed by atoms with E-state index in [4.69, 9.17) is 5.73 Å². The minimum absolute atomic E-state index is 0.0445. The Bertz CT molecular complexity index is 1260. The fourth-order valence-electron chi connectivity index (χ4n) is 4.62. The number of likely N-dealkylation sites (tertiary alicyclic amines) is 1. The average molecular weight is 580 g/mol. The quantitative estimate of drug-likeness (QED) is 0.301. The van der Waals surface area contributed by atoms with Crippen molar-refractivity contribution >= 4 is 23.6 Å². The maximum absolute atomic E-state index is 14.3. The molecule has 1 fully saturated rings. The summed E-state index contributed by atoms with van der Waals surface area (Å²) in [7, 11) is 1.53. The van der Waals surface area contributed by atoms with Gasteiger partial charge in [0.1, 0.15) is 23.9 Å². The first-order valence-electron chi connectivity index (χ1n) is 13.1. The van der Waals surface area contributed by atoms with Crippen LogP contribution in [0.2, 0.25) is 0 Å². The lowest BCUT2D eigenvalue weighted by molar-refractivity contribution is -0.142. The van der Waals surface area contributed by atoms with Crippen molar-refractivity contribution in [3.05, 3.63) is 71.0 Å². The number of carbonyl (C=O) groups is 4. The second-order valence-electron chi connectivity index (χ2n) is 9.93. The van der Waals surface area contributed by atoms with Crippen molar-refractivity contribution in [3.63, 3.8) is 0 Å². The summed E-state index contributed by atoms with van der Waals surface area (Å²) in [5.41, 5.74) is 4.88. The zero-order valence-corrected chi connectivity index (χ0v) is 22.6. The first-order valence-corrected chi connectivity index (χ1v) is 13.1. The van der Waals surface area contributed by atoms with Gasteiger partial charge in [0.2, 0.25) is 23.6 Å². The number of benzene rings is 2. The number of nitrogens with zero attached hydrogens (tertiary/aromatic N) is 1. The van der Waals surface area contributed by atoms with Gasteiger partial charge in [-0.05, 0) is 50.1 Å². The summed E-state index contributed by atoms with van der Waals surface area (Å²) < 4.78 is 53.3. The van der Waals surface area contributed by atoms with Crippen LogP contribution >= 0.6 is 0 Å². The summed E-state index contributed by atoms with van der Waals surface area (Å²) in [6.07, 6.45) is -4.35. The number of nitrogens with one attached hydrogen (secondary N) is 3. The highest BCUT2D eigenvalue weighted by Gasteiger charge is 2.39. The van der Waals surface area contributed by atoms with Crippen molar-refractivity contribution in [1.82, 2.24) is 20.9 Å². The van der Waals surface area contributed by atoms with Gasteiger partial charge in [0.25, 0.3) is 0 Å². The molecule has 2 aromatic rings. The molecule has 9 nitrogen and oxygen atoms in total. The van der Waals surface area contributed by atoms with Gasteiger partial charge in [-0.25, -0.2) is 4.39 Å². The van der Waals surface area contributed by atoms with E-state index in [1.165, 1.54) is 18.9 Å². The Kier molecular flexibility index (Phi) is 10.4. The predicted molar refractivity (Wildman–Crippen MR) is 142 cm³/mol. The van der Waals surface area contributed by atoms with Crippen LogP contribution in [-0.4, -0.2) is 66.3 Å². The van der Waals surface area contributed by atoms with E-state index in [0.29, 0.717) is 18.6 Å². The monoisotopic (exact) mass is 579 g/mol. The second kappa shape index (κ2) is 13.6. The lowest BCUT2D eigenvalue weighted by Crippen LogP contribution is -2.57. The Balaban J connectivity index is 1.81. The van der Waals surface area contributed by atoms with Gasteiger partial charge < -0.3 is 26.6 Å². The molecule has 13 heteroatoms. The molecule has 0 aromatic heterocycles. The molecule has 1 heterocycles. The molecule has 41 heavy (non-hydrogen) atoms. The number of rotatable bonds is 11. The summed E-state index contributed by atoms with van der Waals surface area (Å²) in [6.45, 7) is 1.70. The molecule has 5 N–H and O–H groups in total. The van der Waals surface area contributed by atoms with Crippen LogP contribution in [0, 0.1) is 5.82 Å². The van der Waals surface area contributed by atoms with Gasteiger partial charge in [-0.2, -0.15) is 13.2 Å². The standard InChI is InChI=1S/C28H33F4N5O4/c1-16(34-2)25(39)36-22(15-18-10-11-19(20(29)13-18)28(30,31)32)27(41)37-12-6-9-23(37)26(40)35-21(24(33)38)14-17-7-4-3-5-8-17/h3-5,7-8,10-11,13,16,21-23,34H,6,9,12,14-15H2,1-2H3,(H2,33,38)(H,35,40)(H,36,39)/t16-,21-,22-,23-/m0/s1. The number of primary amides is 1. The molecule has 0 bridgehead atoms. The molecule has 0 spiro atoms. The minimum Gasteiger partial charge on any atom is -0.368 e. The molecular formula is C28H33F4N5O4. The maximum atomic E-state index is 14.3. The van der Waals surface area contributed by atoms with Gasteiger partial charge >= 0.3 is 6.18 Å². The van der Waals surface area contributed by atoms with Crippen LogP contribution in [0.1, 0.15) is 36.5 Å². The molecule has 3 rings (SSSR count). The van der Waals surface area contributed by atoms with Gasteiger partial charge in [-0.3, -0.25) is 19.2 Å². The molecule has 1 aliphatic heterocycles. The predicted octanol–water partition coefficient (Wildman–Crippen LogP) is 1.68. The first kappa shape index (κ1) is 31.5. The molecule has 0 aliphatic carbocycles.